The molecule has 0 aliphatic heterocycles. The molecule has 0 aliphatic carbocycles. The zero-order valence-corrected chi connectivity index (χ0v) is 10.3. The molecule has 1 aromatic carbocycles. The molecule has 1 N–H and O–H groups in total. The van der Waals surface area contributed by atoms with Gasteiger partial charge in [0.15, 0.2) is 5.78 Å². The highest BCUT2D eigenvalue weighted by molar-refractivity contribution is 5.98. The van der Waals surface area contributed by atoms with Crippen molar-refractivity contribution in [3.63, 3.8) is 0 Å². The van der Waals surface area contributed by atoms with Gasteiger partial charge in [-0.15, -0.1) is 0 Å². The van der Waals surface area contributed by atoms with E-state index in [9.17, 15) is 9.90 Å². The molecule has 1 rings (SSSR count). The predicted molar refractivity (Wildman–Crippen MR) is 68.5 cm³/mol. The number of hydrogen-bond acceptors (Lipinski definition) is 3. The van der Waals surface area contributed by atoms with Gasteiger partial charge in [-0.2, -0.15) is 0 Å². The van der Waals surface area contributed by atoms with Gasteiger partial charge in [0, 0.05) is 0 Å². The second kappa shape index (κ2) is 5.34. The van der Waals surface area contributed by atoms with E-state index in [1.807, 2.05) is 6.92 Å². The van der Waals surface area contributed by atoms with Gasteiger partial charge < -0.3 is 9.84 Å². The number of carbonyl (C=O) groups is 1. The van der Waals surface area contributed by atoms with Crippen LogP contribution in [0.4, 0.5) is 0 Å². The standard InChI is InChI=1S/C14H16O3/c1-9(2)5-6-12-13(17-4)8-7-11(10(3)15)14(12)16/h5-8,16H,1H2,2-4H3. The molecule has 17 heavy (non-hydrogen) atoms. The third-order valence-electron chi connectivity index (χ3n) is 2.31. The van der Waals surface area contributed by atoms with Crippen molar-refractivity contribution in [3.05, 3.63) is 41.5 Å². The summed E-state index contributed by atoms with van der Waals surface area (Å²) in [7, 11) is 1.51. The van der Waals surface area contributed by atoms with Gasteiger partial charge >= 0.3 is 0 Å². The third-order valence-corrected chi connectivity index (χ3v) is 2.31. The predicted octanol–water partition coefficient (Wildman–Crippen LogP) is 3.19. The van der Waals surface area contributed by atoms with Crippen LogP contribution in [0, 0.1) is 0 Å². The maximum absolute atomic E-state index is 11.3. The molecule has 0 heterocycles. The van der Waals surface area contributed by atoms with Crippen LogP contribution in [0.1, 0.15) is 29.8 Å². The zero-order valence-electron chi connectivity index (χ0n) is 10.3. The first-order valence-corrected chi connectivity index (χ1v) is 5.22. The highest BCUT2D eigenvalue weighted by atomic mass is 16.5. The summed E-state index contributed by atoms with van der Waals surface area (Å²) in [6, 6.07) is 3.21. The molecule has 0 atom stereocenters. The maximum Gasteiger partial charge on any atom is 0.163 e. The van der Waals surface area contributed by atoms with Crippen molar-refractivity contribution in [1.82, 2.24) is 0 Å². The normalized spacial score (nSPS) is 10.5. The summed E-state index contributed by atoms with van der Waals surface area (Å²) in [6.45, 7) is 6.99. The molecule has 0 aliphatic rings. The molecule has 0 saturated heterocycles. The van der Waals surface area contributed by atoms with Gasteiger partial charge in [0.05, 0.1) is 18.2 Å². The fraction of sp³-hybridized carbons (Fsp3) is 0.214. The Morgan fingerprint density at radius 3 is 2.53 bits per heavy atom. The lowest BCUT2D eigenvalue weighted by atomic mass is 10.0. The lowest BCUT2D eigenvalue weighted by molar-refractivity contribution is 0.101. The largest absolute Gasteiger partial charge is 0.506 e. The fourth-order valence-electron chi connectivity index (χ4n) is 1.44. The topological polar surface area (TPSA) is 46.5 Å². The molecule has 0 fully saturated rings. The monoisotopic (exact) mass is 232 g/mol. The van der Waals surface area contributed by atoms with Crippen molar-refractivity contribution in [2.75, 3.05) is 7.11 Å². The van der Waals surface area contributed by atoms with Crippen LogP contribution >= 0.6 is 0 Å². The Balaban J connectivity index is 3.37. The van der Waals surface area contributed by atoms with Crippen molar-refractivity contribution >= 4 is 11.9 Å². The molecule has 0 amide bonds. The number of benzene rings is 1. The Labute approximate surface area is 101 Å². The summed E-state index contributed by atoms with van der Waals surface area (Å²) in [4.78, 5) is 11.3. The molecule has 0 bridgehead atoms. The molecule has 90 valence electrons. The molecule has 1 aromatic rings. The van der Waals surface area contributed by atoms with Crippen LogP contribution in [0.3, 0.4) is 0 Å². The van der Waals surface area contributed by atoms with Crippen LogP contribution in [0.25, 0.3) is 6.08 Å². The molecule has 0 radical (unpaired) electrons. The Hall–Kier alpha value is -2.03. The number of methoxy groups -OCH3 is 1. The van der Waals surface area contributed by atoms with Crippen LogP contribution in [0.2, 0.25) is 0 Å². The van der Waals surface area contributed by atoms with E-state index >= 15 is 0 Å². The zero-order chi connectivity index (χ0) is 13.0. The molecular formula is C14H16O3. The Kier molecular flexibility index (Phi) is 4.10. The van der Waals surface area contributed by atoms with E-state index in [2.05, 4.69) is 6.58 Å². The van der Waals surface area contributed by atoms with Crippen LogP contribution in [-0.2, 0) is 0 Å². The summed E-state index contributed by atoms with van der Waals surface area (Å²) in [5.74, 6) is 0.273. The number of carbonyl (C=O) groups excluding carboxylic acids is 1. The fourth-order valence-corrected chi connectivity index (χ4v) is 1.44. The van der Waals surface area contributed by atoms with Gasteiger partial charge in [0.1, 0.15) is 11.5 Å². The van der Waals surface area contributed by atoms with Gasteiger partial charge in [-0.05, 0) is 32.1 Å². The van der Waals surface area contributed by atoms with E-state index in [1.54, 1.807) is 24.3 Å². The highest BCUT2D eigenvalue weighted by Gasteiger charge is 2.13. The first-order chi connectivity index (χ1) is 7.97. The van der Waals surface area contributed by atoms with Crippen LogP contribution in [-0.4, -0.2) is 18.0 Å². The molecule has 0 saturated carbocycles. The average molecular weight is 232 g/mol. The lowest BCUT2D eigenvalue weighted by Crippen LogP contribution is -1.96. The third kappa shape index (κ3) is 2.97. The Morgan fingerprint density at radius 2 is 2.06 bits per heavy atom. The number of ether oxygens (including phenoxy) is 1. The summed E-state index contributed by atoms with van der Waals surface area (Å²) in [5, 5.41) is 10.0. The van der Waals surface area contributed by atoms with Crippen molar-refractivity contribution in [2.24, 2.45) is 0 Å². The Morgan fingerprint density at radius 1 is 1.41 bits per heavy atom. The number of hydrogen-bond donors (Lipinski definition) is 1. The van der Waals surface area contributed by atoms with Crippen LogP contribution < -0.4 is 4.74 Å². The first kappa shape index (κ1) is 13.0. The van der Waals surface area contributed by atoms with E-state index in [1.165, 1.54) is 14.0 Å². The second-order valence-corrected chi connectivity index (χ2v) is 3.81. The minimum Gasteiger partial charge on any atom is -0.506 e. The number of ketones is 1. The first-order valence-electron chi connectivity index (χ1n) is 5.22. The summed E-state index contributed by atoms with van der Waals surface area (Å²) >= 11 is 0. The summed E-state index contributed by atoms with van der Waals surface area (Å²) in [6.07, 6.45) is 3.43. The highest BCUT2D eigenvalue weighted by Crippen LogP contribution is 2.32. The average Bonchev–Trinajstić information content (AvgIpc) is 2.26. The smallest absolute Gasteiger partial charge is 0.163 e. The minimum atomic E-state index is -0.185. The Bertz CT molecular complexity index is 484. The van der Waals surface area contributed by atoms with Gasteiger partial charge in [-0.3, -0.25) is 4.79 Å². The minimum absolute atomic E-state index is 0.0608. The summed E-state index contributed by atoms with van der Waals surface area (Å²) < 4.78 is 5.14. The van der Waals surface area contributed by atoms with Gasteiger partial charge in [0.2, 0.25) is 0 Å². The van der Waals surface area contributed by atoms with Gasteiger partial charge in [-0.1, -0.05) is 18.2 Å². The van der Waals surface area contributed by atoms with Crippen molar-refractivity contribution in [1.29, 1.82) is 0 Å². The van der Waals surface area contributed by atoms with Crippen molar-refractivity contribution in [3.8, 4) is 11.5 Å². The van der Waals surface area contributed by atoms with E-state index < -0.39 is 0 Å². The SMILES string of the molecule is C=C(C)C=Cc1c(OC)ccc(C(C)=O)c1O. The summed E-state index contributed by atoms with van der Waals surface area (Å²) in [5.41, 5.74) is 1.62. The van der Waals surface area contributed by atoms with Gasteiger partial charge in [0.25, 0.3) is 0 Å². The number of allylic oxidation sites excluding steroid dienone is 2. The number of rotatable bonds is 4. The number of phenolic OH excluding ortho intramolecular Hbond substituents is 1. The van der Waals surface area contributed by atoms with E-state index in [4.69, 9.17) is 4.74 Å². The van der Waals surface area contributed by atoms with E-state index in [-0.39, 0.29) is 17.1 Å². The van der Waals surface area contributed by atoms with Crippen LogP contribution in [0.5, 0.6) is 11.5 Å². The molecule has 0 aromatic heterocycles. The molecule has 3 nitrogen and oxygen atoms in total. The lowest BCUT2D eigenvalue weighted by Gasteiger charge is -2.09. The molecule has 3 heteroatoms. The maximum atomic E-state index is 11.3. The molecular weight excluding hydrogens is 216 g/mol. The second-order valence-electron chi connectivity index (χ2n) is 3.81. The number of aromatic hydroxyl groups is 1. The number of Topliss-reactive ketones (excluding diaryl/α,β-unsaturated/α-hetero) is 1. The van der Waals surface area contributed by atoms with E-state index in [0.29, 0.717) is 11.3 Å². The quantitative estimate of drug-likeness (QED) is 0.640. The van der Waals surface area contributed by atoms with Gasteiger partial charge in [-0.25, -0.2) is 0 Å². The van der Waals surface area contributed by atoms with Crippen molar-refractivity contribution < 1.29 is 14.6 Å². The molecule has 0 spiro atoms. The molecule has 0 unspecified atom stereocenters. The van der Waals surface area contributed by atoms with E-state index in [0.717, 1.165) is 5.57 Å². The van der Waals surface area contributed by atoms with Crippen LogP contribution in [0.15, 0.2) is 30.4 Å². The number of phenols is 1. The van der Waals surface area contributed by atoms with Crippen molar-refractivity contribution in [2.45, 2.75) is 13.8 Å².